The molecule has 3 rings (SSSR count). The monoisotopic (exact) mass is 220 g/mol. The maximum absolute atomic E-state index is 5.99. The van der Waals surface area contributed by atoms with Crippen LogP contribution in [0.3, 0.4) is 0 Å². The molecule has 1 heterocycles. The van der Waals surface area contributed by atoms with Crippen molar-refractivity contribution in [3.05, 3.63) is 24.3 Å². The van der Waals surface area contributed by atoms with E-state index in [1.165, 1.54) is 0 Å². The van der Waals surface area contributed by atoms with Crippen molar-refractivity contribution in [1.82, 2.24) is 0 Å². The number of hydrogen-bond acceptors (Lipinski definition) is 3. The molecular formula is C13H16O3. The minimum atomic E-state index is 0.0497. The predicted molar refractivity (Wildman–Crippen MR) is 59.9 cm³/mol. The zero-order valence-corrected chi connectivity index (χ0v) is 9.39. The highest BCUT2D eigenvalue weighted by Crippen LogP contribution is 2.38. The zero-order valence-electron chi connectivity index (χ0n) is 9.39. The molecule has 0 radical (unpaired) electrons. The fraction of sp³-hybridized carbons (Fsp3) is 0.538. The van der Waals surface area contributed by atoms with Gasteiger partial charge in [0, 0.05) is 7.11 Å². The summed E-state index contributed by atoms with van der Waals surface area (Å²) in [6.07, 6.45) is 3.61. The lowest BCUT2D eigenvalue weighted by atomic mass is 9.91. The SMILES string of the molecule is COC1CCCC2Oc3ccccc3OC12. The van der Waals surface area contributed by atoms with Crippen molar-refractivity contribution in [1.29, 1.82) is 0 Å². The Morgan fingerprint density at radius 2 is 1.88 bits per heavy atom. The van der Waals surface area contributed by atoms with Crippen LogP contribution in [0.15, 0.2) is 24.3 Å². The zero-order chi connectivity index (χ0) is 11.0. The van der Waals surface area contributed by atoms with E-state index in [4.69, 9.17) is 14.2 Å². The summed E-state index contributed by atoms with van der Waals surface area (Å²) < 4.78 is 17.4. The topological polar surface area (TPSA) is 27.7 Å². The third-order valence-electron chi connectivity index (χ3n) is 3.40. The Bertz CT molecular complexity index is 377. The number of methoxy groups -OCH3 is 1. The van der Waals surface area contributed by atoms with Crippen LogP contribution < -0.4 is 9.47 Å². The summed E-state index contributed by atoms with van der Waals surface area (Å²) in [5.41, 5.74) is 0. The Morgan fingerprint density at radius 1 is 1.12 bits per heavy atom. The Hall–Kier alpha value is -1.22. The average Bonchev–Trinajstić information content (AvgIpc) is 2.35. The fourth-order valence-corrected chi connectivity index (χ4v) is 2.57. The summed E-state index contributed by atoms with van der Waals surface area (Å²) >= 11 is 0. The van der Waals surface area contributed by atoms with Gasteiger partial charge in [-0.05, 0) is 31.4 Å². The van der Waals surface area contributed by atoms with E-state index < -0.39 is 0 Å². The Labute approximate surface area is 95.3 Å². The minimum Gasteiger partial charge on any atom is -0.483 e. The maximum atomic E-state index is 5.99. The van der Waals surface area contributed by atoms with E-state index in [0.29, 0.717) is 0 Å². The highest BCUT2D eigenvalue weighted by molar-refractivity contribution is 5.41. The molecule has 3 nitrogen and oxygen atoms in total. The Kier molecular flexibility index (Phi) is 2.48. The average molecular weight is 220 g/mol. The summed E-state index contributed by atoms with van der Waals surface area (Å²) in [6, 6.07) is 7.85. The molecule has 3 heteroatoms. The van der Waals surface area contributed by atoms with Gasteiger partial charge in [-0.25, -0.2) is 0 Å². The van der Waals surface area contributed by atoms with E-state index in [1.54, 1.807) is 7.11 Å². The highest BCUT2D eigenvalue weighted by atomic mass is 16.6. The van der Waals surface area contributed by atoms with Crippen LogP contribution in [-0.2, 0) is 4.74 Å². The maximum Gasteiger partial charge on any atom is 0.161 e. The van der Waals surface area contributed by atoms with Gasteiger partial charge in [0.25, 0.3) is 0 Å². The standard InChI is InChI=1S/C13H16O3/c1-14-11-7-4-8-12-13(11)16-10-6-3-2-5-9(10)15-12/h2-3,5-6,11-13H,4,7-8H2,1H3. The molecule has 0 saturated heterocycles. The van der Waals surface area contributed by atoms with Crippen LogP contribution in [0.25, 0.3) is 0 Å². The van der Waals surface area contributed by atoms with Gasteiger partial charge in [0.2, 0.25) is 0 Å². The van der Waals surface area contributed by atoms with Crippen molar-refractivity contribution >= 4 is 0 Å². The smallest absolute Gasteiger partial charge is 0.161 e. The van der Waals surface area contributed by atoms with Crippen LogP contribution >= 0.6 is 0 Å². The highest BCUT2D eigenvalue weighted by Gasteiger charge is 2.40. The number of rotatable bonds is 1. The second-order valence-corrected chi connectivity index (χ2v) is 4.39. The lowest BCUT2D eigenvalue weighted by molar-refractivity contribution is -0.0939. The Morgan fingerprint density at radius 3 is 2.62 bits per heavy atom. The van der Waals surface area contributed by atoms with E-state index in [2.05, 4.69) is 0 Å². The first-order valence-electron chi connectivity index (χ1n) is 5.83. The molecule has 0 N–H and O–H groups in total. The van der Waals surface area contributed by atoms with E-state index in [9.17, 15) is 0 Å². The quantitative estimate of drug-likeness (QED) is 0.727. The largest absolute Gasteiger partial charge is 0.483 e. The molecule has 3 atom stereocenters. The second-order valence-electron chi connectivity index (χ2n) is 4.39. The van der Waals surface area contributed by atoms with Crippen molar-refractivity contribution in [2.45, 2.75) is 37.6 Å². The third kappa shape index (κ3) is 1.55. The van der Waals surface area contributed by atoms with Gasteiger partial charge in [-0.3, -0.25) is 0 Å². The molecule has 0 bridgehead atoms. The summed E-state index contributed by atoms with van der Waals surface area (Å²) in [5, 5.41) is 0. The molecule has 1 fully saturated rings. The number of hydrogen-bond donors (Lipinski definition) is 0. The summed E-state index contributed by atoms with van der Waals surface area (Å²) in [7, 11) is 1.75. The number of benzene rings is 1. The van der Waals surface area contributed by atoms with E-state index in [1.807, 2.05) is 24.3 Å². The van der Waals surface area contributed by atoms with Crippen LogP contribution in [-0.4, -0.2) is 25.4 Å². The first kappa shape index (κ1) is 9.97. The fourth-order valence-electron chi connectivity index (χ4n) is 2.57. The minimum absolute atomic E-state index is 0.0497. The molecule has 0 aromatic heterocycles. The third-order valence-corrected chi connectivity index (χ3v) is 3.40. The molecule has 16 heavy (non-hydrogen) atoms. The molecule has 1 aromatic rings. The lowest BCUT2D eigenvalue weighted by Crippen LogP contribution is -2.50. The van der Waals surface area contributed by atoms with Crippen LogP contribution in [0.5, 0.6) is 11.5 Å². The van der Waals surface area contributed by atoms with Crippen molar-refractivity contribution in [3.8, 4) is 11.5 Å². The lowest BCUT2D eigenvalue weighted by Gasteiger charge is -2.40. The van der Waals surface area contributed by atoms with Crippen LogP contribution in [0.1, 0.15) is 19.3 Å². The van der Waals surface area contributed by atoms with Gasteiger partial charge in [0.1, 0.15) is 6.10 Å². The molecule has 86 valence electrons. The number of para-hydroxylation sites is 2. The number of fused-ring (bicyclic) bond motifs is 2. The molecular weight excluding hydrogens is 204 g/mol. The molecule has 3 unspecified atom stereocenters. The van der Waals surface area contributed by atoms with Crippen molar-refractivity contribution in [2.75, 3.05) is 7.11 Å². The van der Waals surface area contributed by atoms with Crippen LogP contribution in [0, 0.1) is 0 Å². The molecule has 1 aliphatic heterocycles. The van der Waals surface area contributed by atoms with Crippen LogP contribution in [0.2, 0.25) is 0 Å². The summed E-state index contributed by atoms with van der Waals surface area (Å²) in [5.74, 6) is 1.70. The number of ether oxygens (including phenoxy) is 3. The molecule has 0 amide bonds. The van der Waals surface area contributed by atoms with E-state index in [0.717, 1.165) is 30.8 Å². The first-order chi connectivity index (χ1) is 7.88. The van der Waals surface area contributed by atoms with Gasteiger partial charge in [-0.1, -0.05) is 12.1 Å². The normalized spacial score (nSPS) is 31.9. The van der Waals surface area contributed by atoms with Crippen molar-refractivity contribution < 1.29 is 14.2 Å². The van der Waals surface area contributed by atoms with E-state index in [-0.39, 0.29) is 18.3 Å². The van der Waals surface area contributed by atoms with Gasteiger partial charge in [0.15, 0.2) is 17.6 Å². The molecule has 1 aliphatic carbocycles. The molecule has 1 saturated carbocycles. The second kappa shape index (κ2) is 3.98. The summed E-state index contributed by atoms with van der Waals surface area (Å²) in [4.78, 5) is 0. The summed E-state index contributed by atoms with van der Waals surface area (Å²) in [6.45, 7) is 0. The van der Waals surface area contributed by atoms with Gasteiger partial charge >= 0.3 is 0 Å². The van der Waals surface area contributed by atoms with Crippen molar-refractivity contribution in [2.24, 2.45) is 0 Å². The molecule has 2 aliphatic rings. The Balaban J connectivity index is 1.89. The van der Waals surface area contributed by atoms with Crippen LogP contribution in [0.4, 0.5) is 0 Å². The van der Waals surface area contributed by atoms with E-state index >= 15 is 0 Å². The predicted octanol–water partition coefficient (Wildman–Crippen LogP) is 2.39. The van der Waals surface area contributed by atoms with Gasteiger partial charge in [0.05, 0.1) is 6.10 Å². The van der Waals surface area contributed by atoms with Gasteiger partial charge in [-0.2, -0.15) is 0 Å². The molecule has 0 spiro atoms. The molecule has 1 aromatic carbocycles. The van der Waals surface area contributed by atoms with Gasteiger partial charge < -0.3 is 14.2 Å². The van der Waals surface area contributed by atoms with Crippen molar-refractivity contribution in [3.63, 3.8) is 0 Å². The van der Waals surface area contributed by atoms with Gasteiger partial charge in [-0.15, -0.1) is 0 Å². The first-order valence-corrected chi connectivity index (χ1v) is 5.83.